The summed E-state index contributed by atoms with van der Waals surface area (Å²) in [5, 5.41) is 8.36. The molecular weight excluding hydrogens is 272 g/mol. The van der Waals surface area contributed by atoms with Crippen LogP contribution >= 0.6 is 0 Å². The van der Waals surface area contributed by atoms with Crippen LogP contribution < -0.4 is 11.2 Å². The number of hydrogen-bond donors (Lipinski definition) is 3. The van der Waals surface area contributed by atoms with Gasteiger partial charge in [-0.3, -0.25) is 19.2 Å². The molecule has 114 valence electrons. The molecule has 0 saturated carbocycles. The van der Waals surface area contributed by atoms with Crippen molar-refractivity contribution < 1.29 is 33.9 Å². The van der Waals surface area contributed by atoms with Gasteiger partial charge >= 0.3 is 23.9 Å². The maximum absolute atomic E-state index is 11.2. The number of aliphatic carboxylic acids is 1. The lowest BCUT2D eigenvalue weighted by Gasteiger charge is -2.04. The second-order valence-electron chi connectivity index (χ2n) is 3.75. The van der Waals surface area contributed by atoms with Gasteiger partial charge in [0.1, 0.15) is 0 Å². The highest BCUT2D eigenvalue weighted by molar-refractivity contribution is 5.87. The molecule has 9 heteroatoms. The van der Waals surface area contributed by atoms with Gasteiger partial charge in [-0.2, -0.15) is 5.48 Å². The summed E-state index contributed by atoms with van der Waals surface area (Å²) in [5.41, 5.74) is 7.44. The third-order valence-corrected chi connectivity index (χ3v) is 1.96. The fraction of sp³-hybridized carbons (Fsp3) is 0.636. The van der Waals surface area contributed by atoms with Crippen LogP contribution in [-0.4, -0.2) is 42.1 Å². The number of ether oxygens (including phenoxy) is 1. The quantitative estimate of drug-likeness (QED) is 0.201. The van der Waals surface area contributed by atoms with Gasteiger partial charge in [0.2, 0.25) is 0 Å². The Morgan fingerprint density at radius 3 is 2.15 bits per heavy atom. The van der Waals surface area contributed by atoms with Gasteiger partial charge in [-0.1, -0.05) is 0 Å². The van der Waals surface area contributed by atoms with Crippen LogP contribution in [0, 0.1) is 0 Å². The van der Waals surface area contributed by atoms with Gasteiger partial charge in [0.05, 0.1) is 12.8 Å². The summed E-state index contributed by atoms with van der Waals surface area (Å²) < 4.78 is 4.39. The van der Waals surface area contributed by atoms with Crippen molar-refractivity contribution >= 4 is 23.9 Å². The first-order valence-corrected chi connectivity index (χ1v) is 6.03. The molecule has 0 saturated heterocycles. The Bertz CT molecular complexity index is 357. The summed E-state index contributed by atoms with van der Waals surface area (Å²) in [4.78, 5) is 48.1. The molecule has 0 aromatic carbocycles. The second kappa shape index (κ2) is 10.9. The standard InChI is InChI=1S/C11H18N2O7/c12-6-7-13-20-11(18)5-4-10(17)19-9(16)3-1-2-8(14)15/h13H,1-7,12H2,(H,14,15). The minimum atomic E-state index is -1.03. The Balaban J connectivity index is 3.68. The monoisotopic (exact) mass is 290 g/mol. The van der Waals surface area contributed by atoms with Crippen molar-refractivity contribution in [2.45, 2.75) is 32.1 Å². The van der Waals surface area contributed by atoms with E-state index in [1.54, 1.807) is 0 Å². The summed E-state index contributed by atoms with van der Waals surface area (Å²) in [5.74, 6) is -3.38. The highest BCUT2D eigenvalue weighted by atomic mass is 16.7. The van der Waals surface area contributed by atoms with Crippen LogP contribution in [-0.2, 0) is 28.8 Å². The SMILES string of the molecule is NCCNOC(=O)CCC(=O)OC(=O)CCCC(=O)O. The topological polar surface area (TPSA) is 145 Å². The number of carboxylic acid groups (broad SMARTS) is 1. The third kappa shape index (κ3) is 11.1. The van der Waals surface area contributed by atoms with E-state index in [4.69, 9.17) is 10.8 Å². The molecule has 0 fully saturated rings. The highest BCUT2D eigenvalue weighted by Crippen LogP contribution is 2.01. The zero-order valence-corrected chi connectivity index (χ0v) is 10.9. The van der Waals surface area contributed by atoms with Crippen LogP contribution in [0.4, 0.5) is 0 Å². The van der Waals surface area contributed by atoms with Gasteiger partial charge in [-0.25, -0.2) is 0 Å². The molecule has 0 aromatic heterocycles. The largest absolute Gasteiger partial charge is 0.481 e. The molecule has 4 N–H and O–H groups in total. The second-order valence-corrected chi connectivity index (χ2v) is 3.75. The lowest BCUT2D eigenvalue weighted by atomic mass is 10.2. The van der Waals surface area contributed by atoms with E-state index in [9.17, 15) is 19.2 Å². The molecule has 0 heterocycles. The predicted molar refractivity (Wildman–Crippen MR) is 65.0 cm³/mol. The zero-order chi connectivity index (χ0) is 15.4. The molecule has 0 aliphatic carbocycles. The number of esters is 2. The van der Waals surface area contributed by atoms with Gasteiger partial charge in [0.25, 0.3) is 0 Å². The third-order valence-electron chi connectivity index (χ3n) is 1.96. The number of carbonyl (C=O) groups is 4. The predicted octanol–water partition coefficient (Wildman–Crippen LogP) is -0.902. The van der Waals surface area contributed by atoms with Crippen molar-refractivity contribution in [3.05, 3.63) is 0 Å². The number of rotatable bonds is 10. The number of hydroxylamine groups is 1. The summed E-state index contributed by atoms with van der Waals surface area (Å²) >= 11 is 0. The average Bonchev–Trinajstić information content (AvgIpc) is 2.36. The first-order valence-electron chi connectivity index (χ1n) is 6.03. The minimum absolute atomic E-state index is 0.0898. The minimum Gasteiger partial charge on any atom is -0.481 e. The van der Waals surface area contributed by atoms with Crippen LogP contribution in [0.25, 0.3) is 0 Å². The van der Waals surface area contributed by atoms with Gasteiger partial charge in [0, 0.05) is 25.9 Å². The van der Waals surface area contributed by atoms with E-state index >= 15 is 0 Å². The van der Waals surface area contributed by atoms with E-state index in [0.717, 1.165) is 0 Å². The Morgan fingerprint density at radius 2 is 1.55 bits per heavy atom. The van der Waals surface area contributed by atoms with E-state index in [1.807, 2.05) is 0 Å². The van der Waals surface area contributed by atoms with Crippen LogP contribution in [0.1, 0.15) is 32.1 Å². The number of carboxylic acids is 1. The molecule has 0 bridgehead atoms. The fourth-order valence-electron chi connectivity index (χ4n) is 1.06. The van der Waals surface area contributed by atoms with Crippen molar-refractivity contribution in [2.75, 3.05) is 13.1 Å². The van der Waals surface area contributed by atoms with Crippen molar-refractivity contribution in [3.63, 3.8) is 0 Å². The van der Waals surface area contributed by atoms with Gasteiger partial charge in [-0.05, 0) is 6.42 Å². The molecule has 0 atom stereocenters. The summed E-state index contributed by atoms with van der Waals surface area (Å²) in [6.07, 6.45) is -0.790. The summed E-state index contributed by atoms with van der Waals surface area (Å²) in [7, 11) is 0. The molecule has 0 unspecified atom stereocenters. The zero-order valence-electron chi connectivity index (χ0n) is 10.9. The number of nitrogens with one attached hydrogen (secondary N) is 1. The van der Waals surface area contributed by atoms with E-state index in [-0.39, 0.29) is 38.6 Å². The Morgan fingerprint density at radius 1 is 0.950 bits per heavy atom. The van der Waals surface area contributed by atoms with Gasteiger partial charge < -0.3 is 20.4 Å². The average molecular weight is 290 g/mol. The molecule has 0 aromatic rings. The lowest BCUT2D eigenvalue weighted by Crippen LogP contribution is -2.26. The summed E-state index contributed by atoms with van der Waals surface area (Å²) in [6.45, 7) is 0.582. The fourth-order valence-corrected chi connectivity index (χ4v) is 1.06. The van der Waals surface area contributed by atoms with E-state index in [2.05, 4.69) is 15.1 Å². The molecule has 0 spiro atoms. The number of nitrogens with two attached hydrogens (primary N) is 1. The maximum Gasteiger partial charge on any atom is 0.325 e. The molecule has 0 radical (unpaired) electrons. The normalized spacial score (nSPS) is 9.85. The summed E-state index contributed by atoms with van der Waals surface area (Å²) in [6, 6.07) is 0. The number of hydrogen-bond acceptors (Lipinski definition) is 8. The van der Waals surface area contributed by atoms with Gasteiger partial charge in [0.15, 0.2) is 0 Å². The molecular formula is C11H18N2O7. The molecule has 0 aliphatic heterocycles. The van der Waals surface area contributed by atoms with Crippen molar-refractivity contribution in [1.29, 1.82) is 0 Å². The van der Waals surface area contributed by atoms with Crippen molar-refractivity contribution in [2.24, 2.45) is 5.73 Å². The maximum atomic E-state index is 11.2. The van der Waals surface area contributed by atoms with E-state index in [0.29, 0.717) is 6.54 Å². The first kappa shape index (κ1) is 18.0. The van der Waals surface area contributed by atoms with Crippen LogP contribution in [0.3, 0.4) is 0 Å². The smallest absolute Gasteiger partial charge is 0.325 e. The van der Waals surface area contributed by atoms with E-state index in [1.165, 1.54) is 0 Å². The van der Waals surface area contributed by atoms with Crippen molar-refractivity contribution in [3.8, 4) is 0 Å². The Kier molecular flexibility index (Phi) is 9.79. The van der Waals surface area contributed by atoms with Gasteiger partial charge in [-0.15, -0.1) is 0 Å². The van der Waals surface area contributed by atoms with Crippen LogP contribution in [0.15, 0.2) is 0 Å². The first-order chi connectivity index (χ1) is 9.45. The van der Waals surface area contributed by atoms with E-state index < -0.39 is 23.9 Å². The molecule has 9 nitrogen and oxygen atoms in total. The number of carbonyl (C=O) groups excluding carboxylic acids is 3. The van der Waals surface area contributed by atoms with Crippen LogP contribution in [0.2, 0.25) is 0 Å². The molecule has 0 aliphatic rings. The molecule has 20 heavy (non-hydrogen) atoms. The molecule has 0 rings (SSSR count). The Hall–Kier alpha value is -2.00. The highest BCUT2D eigenvalue weighted by Gasteiger charge is 2.13. The Labute approximate surface area is 115 Å². The van der Waals surface area contributed by atoms with Crippen LogP contribution in [0.5, 0.6) is 0 Å². The molecule has 0 amide bonds. The van der Waals surface area contributed by atoms with Crippen molar-refractivity contribution in [1.82, 2.24) is 5.48 Å². The lowest BCUT2D eigenvalue weighted by molar-refractivity contribution is -0.162.